The molecule has 1 N–H and O–H groups in total. The van der Waals surface area contributed by atoms with Gasteiger partial charge in [-0.25, -0.2) is 14.8 Å². The maximum atomic E-state index is 11.8. The lowest BCUT2D eigenvalue weighted by Crippen LogP contribution is -2.04. The number of pyridine rings is 1. The first kappa shape index (κ1) is 14.7. The van der Waals surface area contributed by atoms with Gasteiger partial charge in [-0.15, -0.1) is 0 Å². The first-order chi connectivity index (χ1) is 10.6. The largest absolute Gasteiger partial charge is 0.462 e. The molecule has 0 radical (unpaired) electrons. The van der Waals surface area contributed by atoms with Gasteiger partial charge in [0.1, 0.15) is 5.82 Å². The highest BCUT2D eigenvalue weighted by Gasteiger charge is 2.11. The Morgan fingerprint density at radius 3 is 2.91 bits per heavy atom. The molecule has 0 aliphatic rings. The van der Waals surface area contributed by atoms with Crippen LogP contribution < -0.4 is 0 Å². The minimum Gasteiger partial charge on any atom is -0.462 e. The van der Waals surface area contributed by atoms with E-state index in [0.717, 1.165) is 21.2 Å². The van der Waals surface area contributed by atoms with Crippen LogP contribution in [0, 0.1) is 6.92 Å². The third kappa shape index (κ3) is 2.74. The Labute approximate surface area is 135 Å². The van der Waals surface area contributed by atoms with Crippen molar-refractivity contribution < 1.29 is 9.53 Å². The number of hydrogen-bond donors (Lipinski definition) is 1. The molecule has 5 nitrogen and oxygen atoms in total. The van der Waals surface area contributed by atoms with E-state index in [1.54, 1.807) is 19.1 Å². The molecule has 0 saturated heterocycles. The molecule has 0 bridgehead atoms. The molecule has 0 unspecified atom stereocenters. The van der Waals surface area contributed by atoms with Gasteiger partial charge in [0.25, 0.3) is 0 Å². The summed E-state index contributed by atoms with van der Waals surface area (Å²) >= 11 is 3.46. The molecule has 22 heavy (non-hydrogen) atoms. The lowest BCUT2D eigenvalue weighted by Gasteiger charge is -2.03. The maximum Gasteiger partial charge on any atom is 0.338 e. The second-order valence-corrected chi connectivity index (χ2v) is 5.67. The molecule has 3 aromatic rings. The number of fused-ring (bicyclic) bond motifs is 1. The van der Waals surface area contributed by atoms with Crippen molar-refractivity contribution in [1.82, 2.24) is 15.0 Å². The molecule has 1 aromatic carbocycles. The minimum atomic E-state index is -0.336. The fourth-order valence-corrected chi connectivity index (χ4v) is 2.47. The number of rotatable bonds is 3. The van der Waals surface area contributed by atoms with E-state index in [4.69, 9.17) is 4.74 Å². The first-order valence-electron chi connectivity index (χ1n) is 6.89. The third-order valence-electron chi connectivity index (χ3n) is 3.25. The zero-order chi connectivity index (χ0) is 15.7. The lowest BCUT2D eigenvalue weighted by atomic mass is 10.1. The summed E-state index contributed by atoms with van der Waals surface area (Å²) in [6, 6.07) is 9.13. The van der Waals surface area contributed by atoms with Crippen molar-refractivity contribution in [2.75, 3.05) is 6.61 Å². The van der Waals surface area contributed by atoms with Crippen molar-refractivity contribution >= 4 is 33.1 Å². The molecule has 2 aromatic heterocycles. The number of nitrogens with zero attached hydrogens (tertiary/aromatic N) is 2. The number of H-pyrrole nitrogens is 1. The van der Waals surface area contributed by atoms with Crippen LogP contribution in [0.15, 0.2) is 34.8 Å². The molecule has 0 aliphatic heterocycles. The van der Waals surface area contributed by atoms with Crippen LogP contribution in [0.2, 0.25) is 0 Å². The minimum absolute atomic E-state index is 0.336. The Bertz CT molecular complexity index is 819. The van der Waals surface area contributed by atoms with Gasteiger partial charge in [-0.2, -0.15) is 0 Å². The lowest BCUT2D eigenvalue weighted by molar-refractivity contribution is 0.0526. The topological polar surface area (TPSA) is 67.9 Å². The number of hydrogen-bond acceptors (Lipinski definition) is 4. The molecule has 6 heteroatoms. The van der Waals surface area contributed by atoms with E-state index in [2.05, 4.69) is 30.9 Å². The SMILES string of the molecule is CCOC(=O)c1cccc(-c2nc3nc(C)c(Br)cc3[nH]2)c1. The molecule has 0 fully saturated rings. The Hall–Kier alpha value is -2.21. The van der Waals surface area contributed by atoms with Crippen LogP contribution in [-0.2, 0) is 4.74 Å². The summed E-state index contributed by atoms with van der Waals surface area (Å²) in [5, 5.41) is 0. The van der Waals surface area contributed by atoms with E-state index in [0.29, 0.717) is 23.6 Å². The number of esters is 1. The number of aromatic nitrogens is 3. The molecule has 0 spiro atoms. The number of halogens is 1. The molecular formula is C16H14BrN3O2. The summed E-state index contributed by atoms with van der Waals surface area (Å²) in [6.45, 7) is 4.05. The van der Waals surface area contributed by atoms with Gasteiger partial charge >= 0.3 is 5.97 Å². The fourth-order valence-electron chi connectivity index (χ4n) is 2.15. The highest BCUT2D eigenvalue weighted by atomic mass is 79.9. The molecular weight excluding hydrogens is 346 g/mol. The Kier molecular flexibility index (Phi) is 3.94. The van der Waals surface area contributed by atoms with Crippen LogP contribution in [-0.4, -0.2) is 27.5 Å². The van der Waals surface area contributed by atoms with E-state index >= 15 is 0 Å². The average Bonchev–Trinajstić information content (AvgIpc) is 2.91. The van der Waals surface area contributed by atoms with Crippen molar-refractivity contribution in [3.63, 3.8) is 0 Å². The van der Waals surface area contributed by atoms with Gasteiger partial charge in [0, 0.05) is 10.0 Å². The second kappa shape index (κ2) is 5.88. The van der Waals surface area contributed by atoms with Gasteiger partial charge in [-0.1, -0.05) is 12.1 Å². The van der Waals surface area contributed by atoms with E-state index in [1.165, 1.54) is 0 Å². The van der Waals surface area contributed by atoms with Gasteiger partial charge in [-0.3, -0.25) is 0 Å². The zero-order valence-electron chi connectivity index (χ0n) is 12.2. The van der Waals surface area contributed by atoms with Gasteiger partial charge in [-0.05, 0) is 48.0 Å². The average molecular weight is 360 g/mol. The highest BCUT2D eigenvalue weighted by molar-refractivity contribution is 9.10. The number of nitrogens with one attached hydrogen (secondary N) is 1. The molecule has 112 valence electrons. The van der Waals surface area contributed by atoms with Crippen LogP contribution >= 0.6 is 15.9 Å². The van der Waals surface area contributed by atoms with Crippen molar-refractivity contribution in [3.05, 3.63) is 46.1 Å². The Morgan fingerprint density at radius 2 is 2.14 bits per heavy atom. The van der Waals surface area contributed by atoms with Gasteiger partial charge < -0.3 is 9.72 Å². The van der Waals surface area contributed by atoms with Crippen LogP contribution in [0.5, 0.6) is 0 Å². The number of ether oxygens (including phenoxy) is 1. The molecule has 2 heterocycles. The molecule has 0 aliphatic carbocycles. The Morgan fingerprint density at radius 1 is 1.32 bits per heavy atom. The van der Waals surface area contributed by atoms with E-state index in [-0.39, 0.29) is 5.97 Å². The fraction of sp³-hybridized carbons (Fsp3) is 0.188. The normalized spacial score (nSPS) is 10.9. The van der Waals surface area contributed by atoms with Gasteiger partial charge in [0.2, 0.25) is 0 Å². The maximum absolute atomic E-state index is 11.8. The van der Waals surface area contributed by atoms with Crippen LogP contribution in [0.3, 0.4) is 0 Å². The van der Waals surface area contributed by atoms with Crippen LogP contribution in [0.25, 0.3) is 22.6 Å². The summed E-state index contributed by atoms with van der Waals surface area (Å²) < 4.78 is 5.95. The van der Waals surface area contributed by atoms with Crippen molar-refractivity contribution in [2.24, 2.45) is 0 Å². The van der Waals surface area contributed by atoms with E-state index in [1.807, 2.05) is 25.1 Å². The number of benzene rings is 1. The number of imidazole rings is 1. The second-order valence-electron chi connectivity index (χ2n) is 4.81. The number of carbonyl (C=O) groups is 1. The smallest absolute Gasteiger partial charge is 0.338 e. The first-order valence-corrected chi connectivity index (χ1v) is 7.68. The van der Waals surface area contributed by atoms with Gasteiger partial charge in [0.05, 0.1) is 23.4 Å². The predicted molar refractivity (Wildman–Crippen MR) is 87.7 cm³/mol. The summed E-state index contributed by atoms with van der Waals surface area (Å²) in [4.78, 5) is 24.0. The quantitative estimate of drug-likeness (QED) is 0.720. The summed E-state index contributed by atoms with van der Waals surface area (Å²) in [7, 11) is 0. The monoisotopic (exact) mass is 359 g/mol. The number of carbonyl (C=O) groups excluding carboxylic acids is 1. The van der Waals surface area contributed by atoms with Crippen molar-refractivity contribution in [1.29, 1.82) is 0 Å². The van der Waals surface area contributed by atoms with E-state index < -0.39 is 0 Å². The van der Waals surface area contributed by atoms with Crippen LogP contribution in [0.1, 0.15) is 23.0 Å². The van der Waals surface area contributed by atoms with Crippen molar-refractivity contribution in [3.8, 4) is 11.4 Å². The number of aromatic amines is 1. The molecule has 0 saturated carbocycles. The van der Waals surface area contributed by atoms with Gasteiger partial charge in [0.15, 0.2) is 5.65 Å². The van der Waals surface area contributed by atoms with E-state index in [9.17, 15) is 4.79 Å². The zero-order valence-corrected chi connectivity index (χ0v) is 13.8. The summed E-state index contributed by atoms with van der Waals surface area (Å²) in [6.07, 6.45) is 0. The molecule has 0 amide bonds. The standard InChI is InChI=1S/C16H14BrN3O2/c1-3-22-16(21)11-6-4-5-10(7-11)14-19-13-8-12(17)9(2)18-15(13)20-14/h4-8H,3H2,1-2H3,(H,18,19,20). The third-order valence-corrected chi connectivity index (χ3v) is 4.05. The molecule has 3 rings (SSSR count). The number of aryl methyl sites for hydroxylation is 1. The predicted octanol–water partition coefficient (Wildman–Crippen LogP) is 3.87. The summed E-state index contributed by atoms with van der Waals surface area (Å²) in [5.41, 5.74) is 3.69. The highest BCUT2D eigenvalue weighted by Crippen LogP contribution is 2.24. The molecule has 0 atom stereocenters. The Balaban J connectivity index is 2.04. The van der Waals surface area contributed by atoms with Crippen LogP contribution in [0.4, 0.5) is 0 Å². The summed E-state index contributed by atoms with van der Waals surface area (Å²) in [5.74, 6) is 0.336. The van der Waals surface area contributed by atoms with Crippen molar-refractivity contribution in [2.45, 2.75) is 13.8 Å².